The molecule has 56 heavy (non-hydrogen) atoms. The fourth-order valence-corrected chi connectivity index (χ4v) is 11.9. The molecule has 1 aliphatic heterocycles. The van der Waals surface area contributed by atoms with Gasteiger partial charge in [-0.05, 0) is 97.6 Å². The van der Waals surface area contributed by atoms with Crippen LogP contribution in [0.3, 0.4) is 0 Å². The van der Waals surface area contributed by atoms with Crippen molar-refractivity contribution in [3.63, 3.8) is 0 Å². The molecule has 1 aromatic heterocycles. The molecule has 4 nitrogen and oxygen atoms in total. The Bertz CT molecular complexity index is 1950. The van der Waals surface area contributed by atoms with Crippen LogP contribution in [0.15, 0.2) is 91.1 Å². The number of aromatic nitrogens is 1. The summed E-state index contributed by atoms with van der Waals surface area (Å²) in [5.74, 6) is 0.632. The summed E-state index contributed by atoms with van der Waals surface area (Å²) in [7, 11) is -1.99. The molecule has 2 aromatic carbocycles. The van der Waals surface area contributed by atoms with E-state index in [2.05, 4.69) is 71.9 Å². The van der Waals surface area contributed by atoms with Crippen LogP contribution in [0.2, 0.25) is 0 Å². The average molecular weight is 832 g/mol. The monoisotopic (exact) mass is 831 g/mol. The molecule has 3 aromatic rings. The highest BCUT2D eigenvalue weighted by Gasteiger charge is 2.28. The lowest BCUT2D eigenvalue weighted by atomic mass is 9.77. The van der Waals surface area contributed by atoms with Crippen molar-refractivity contribution in [1.82, 2.24) is 0 Å². The molecule has 3 unspecified atom stereocenters. The van der Waals surface area contributed by atoms with Gasteiger partial charge in [-0.15, -0.1) is 0 Å². The van der Waals surface area contributed by atoms with E-state index < -0.39 is 21.6 Å². The van der Waals surface area contributed by atoms with Gasteiger partial charge in [0.25, 0.3) is 5.01 Å². The van der Waals surface area contributed by atoms with E-state index in [1.165, 1.54) is 163 Å². The quantitative estimate of drug-likeness (QED) is 0.0747. The van der Waals surface area contributed by atoms with Crippen LogP contribution in [0, 0.1) is 5.92 Å². The van der Waals surface area contributed by atoms with Gasteiger partial charge in [0.15, 0.2) is 6.54 Å². The lowest BCUT2D eigenvalue weighted by molar-refractivity contribution is -0.669. The molecular formula is C48H67N2O2S4+. The molecule has 0 saturated carbocycles. The first-order valence-corrected chi connectivity index (χ1v) is 26.7. The molecule has 6 rings (SSSR count). The molecule has 0 spiro atoms. The maximum absolute atomic E-state index is 12.5. The van der Waals surface area contributed by atoms with Crippen LogP contribution in [-0.2, 0) is 28.1 Å². The number of allylic oxidation sites excluding steroid dienone is 6. The van der Waals surface area contributed by atoms with Gasteiger partial charge in [-0.1, -0.05) is 133 Å². The lowest BCUT2D eigenvalue weighted by Crippen LogP contribution is -2.35. The van der Waals surface area contributed by atoms with Crippen LogP contribution in [0.1, 0.15) is 147 Å². The summed E-state index contributed by atoms with van der Waals surface area (Å²) >= 11 is 3.77. The third kappa shape index (κ3) is 11.9. The van der Waals surface area contributed by atoms with Crippen molar-refractivity contribution in [2.45, 2.75) is 163 Å². The van der Waals surface area contributed by atoms with E-state index >= 15 is 0 Å². The number of fused-ring (bicyclic) bond motifs is 3. The van der Waals surface area contributed by atoms with Crippen molar-refractivity contribution >= 4 is 66.7 Å². The molecule has 3 aliphatic rings. The molecule has 0 radical (unpaired) electrons. The van der Waals surface area contributed by atoms with E-state index in [4.69, 9.17) is 0 Å². The molecular weight excluding hydrogens is 765 g/mol. The minimum atomic E-state index is -0.997. The van der Waals surface area contributed by atoms with Crippen molar-refractivity contribution < 1.29 is 13.0 Å². The second-order valence-corrected chi connectivity index (χ2v) is 21.2. The number of thioether (sulfide) groups is 1. The molecule has 0 bridgehead atoms. The van der Waals surface area contributed by atoms with Gasteiger partial charge < -0.3 is 4.90 Å². The number of anilines is 1. The second kappa shape index (κ2) is 22.2. The number of benzene rings is 2. The van der Waals surface area contributed by atoms with Crippen molar-refractivity contribution in [2.24, 2.45) is 5.92 Å². The Kier molecular flexibility index (Phi) is 17.2. The van der Waals surface area contributed by atoms with Gasteiger partial charge in [-0.3, -0.25) is 8.42 Å². The van der Waals surface area contributed by atoms with Gasteiger partial charge in [0, 0.05) is 63.1 Å². The number of unbranched alkanes of at least 4 members (excludes halogenated alkanes) is 14. The molecule has 8 heteroatoms. The van der Waals surface area contributed by atoms with Crippen molar-refractivity contribution in [2.75, 3.05) is 24.0 Å². The Morgan fingerprint density at radius 1 is 0.732 bits per heavy atom. The van der Waals surface area contributed by atoms with Crippen LogP contribution in [-0.4, -0.2) is 27.5 Å². The predicted octanol–water partition coefficient (Wildman–Crippen LogP) is 13.8. The topological polar surface area (TPSA) is 41.3 Å². The van der Waals surface area contributed by atoms with E-state index in [-0.39, 0.29) is 0 Å². The van der Waals surface area contributed by atoms with Crippen molar-refractivity contribution in [3.8, 4) is 0 Å². The van der Waals surface area contributed by atoms with E-state index in [0.29, 0.717) is 5.92 Å². The van der Waals surface area contributed by atoms with Crippen molar-refractivity contribution in [1.29, 1.82) is 0 Å². The smallest absolute Gasteiger partial charge is 0.263 e. The van der Waals surface area contributed by atoms with Gasteiger partial charge in [0.2, 0.25) is 5.52 Å². The van der Waals surface area contributed by atoms with Crippen LogP contribution in [0.25, 0.3) is 16.3 Å². The fourth-order valence-electron chi connectivity index (χ4n) is 8.56. The number of aryl methyl sites for hydroxylation is 1. The molecule has 0 N–H and O–H groups in total. The summed E-state index contributed by atoms with van der Waals surface area (Å²) in [5.41, 5.74) is 6.80. The van der Waals surface area contributed by atoms with E-state index in [1.54, 1.807) is 12.5 Å². The Labute approximate surface area is 352 Å². The Morgan fingerprint density at radius 3 is 2.05 bits per heavy atom. The molecule has 3 atom stereocenters. The van der Waals surface area contributed by atoms with Crippen LogP contribution in [0.5, 0.6) is 0 Å². The third-order valence-electron chi connectivity index (χ3n) is 11.9. The summed E-state index contributed by atoms with van der Waals surface area (Å²) in [5, 5.41) is 2.64. The van der Waals surface area contributed by atoms with Crippen LogP contribution >= 0.6 is 23.1 Å². The standard InChI is InChI=1S/C48H67N2O2S4/c1-5-7-9-11-13-15-17-19-29-49-43-35-41(55(3)51)25-27-45(43)53-47(49)33-37-21-23-39-24-22-38(32-40(39)31-37)34-48-50(30-20-18-16-14-12-10-8-6-2)44-36-42(56(4)52)26-28-46(44)54-48/h25-28,31-36,39H,5-24,29-30H2,1-4H3/q+1. The first-order chi connectivity index (χ1) is 27.3. The Hall–Kier alpha value is -2.26. The Balaban J connectivity index is 1.20. The molecule has 0 amide bonds. The van der Waals surface area contributed by atoms with Gasteiger partial charge in [0.05, 0.1) is 21.5 Å². The number of hydrogen-bond acceptors (Lipinski definition) is 5. The summed E-state index contributed by atoms with van der Waals surface area (Å²) in [4.78, 5) is 5.63. The minimum absolute atomic E-state index is 0.632. The minimum Gasteiger partial charge on any atom is -0.335 e. The SMILES string of the molecule is CCCCCCCCCCN1/C(=C/C2=CC3=C/C(=C/c4sc5ccc(S(C)=O)cc5[n+]4CCCCCCCCCC)CCC3CC2)Sc2ccc(S(C)=O)cc21. The summed E-state index contributed by atoms with van der Waals surface area (Å²) in [6.45, 7) is 6.59. The highest BCUT2D eigenvalue weighted by Crippen LogP contribution is 2.48. The maximum Gasteiger partial charge on any atom is 0.263 e. The normalized spacial score (nSPS) is 19.4. The zero-order chi connectivity index (χ0) is 39.3. The Morgan fingerprint density at radius 2 is 1.36 bits per heavy atom. The van der Waals surface area contributed by atoms with E-state index in [9.17, 15) is 8.42 Å². The van der Waals surface area contributed by atoms with Crippen LogP contribution in [0.4, 0.5) is 5.69 Å². The molecule has 0 fully saturated rings. The fraction of sp³-hybridized carbons (Fsp3) is 0.562. The van der Waals surface area contributed by atoms with Gasteiger partial charge in [-0.25, -0.2) is 0 Å². The predicted molar refractivity (Wildman–Crippen MR) is 246 cm³/mol. The van der Waals surface area contributed by atoms with E-state index in [0.717, 1.165) is 35.7 Å². The van der Waals surface area contributed by atoms with Crippen molar-refractivity contribution in [3.05, 3.63) is 81.4 Å². The first-order valence-electron chi connectivity index (χ1n) is 21.9. The van der Waals surface area contributed by atoms with E-state index in [1.807, 2.05) is 35.2 Å². The number of rotatable bonds is 22. The summed E-state index contributed by atoms with van der Waals surface area (Å²) in [6.07, 6.45) is 39.1. The number of hydrogen-bond donors (Lipinski definition) is 0. The largest absolute Gasteiger partial charge is 0.335 e. The summed E-state index contributed by atoms with van der Waals surface area (Å²) in [6, 6.07) is 12.8. The summed E-state index contributed by atoms with van der Waals surface area (Å²) < 4.78 is 28.8. The van der Waals surface area contributed by atoms with Gasteiger partial charge in [0.1, 0.15) is 4.70 Å². The maximum atomic E-state index is 12.5. The zero-order valence-electron chi connectivity index (χ0n) is 34.8. The molecule has 2 aliphatic carbocycles. The van der Waals surface area contributed by atoms with Crippen LogP contribution < -0.4 is 9.47 Å². The highest BCUT2D eigenvalue weighted by molar-refractivity contribution is 8.03. The van der Waals surface area contributed by atoms with Gasteiger partial charge in [-0.2, -0.15) is 4.57 Å². The highest BCUT2D eigenvalue weighted by atomic mass is 32.2. The average Bonchev–Trinajstić information content (AvgIpc) is 3.72. The first kappa shape index (κ1) is 43.3. The van der Waals surface area contributed by atoms with Gasteiger partial charge >= 0.3 is 0 Å². The lowest BCUT2D eigenvalue weighted by Gasteiger charge is -2.29. The number of nitrogens with zero attached hydrogens (tertiary/aromatic N) is 2. The third-order valence-corrected chi connectivity index (χ3v) is 16.0. The molecule has 304 valence electrons. The second-order valence-electron chi connectivity index (χ2n) is 16.3. The molecule has 0 saturated heterocycles. The molecule has 2 heterocycles. The zero-order valence-corrected chi connectivity index (χ0v) is 38.0. The number of thiazole rings is 1.